The Balaban J connectivity index is 1.37. The first kappa shape index (κ1) is 23.4. The number of amides is 2. The van der Waals surface area contributed by atoms with E-state index in [1.807, 2.05) is 30.3 Å². The molecule has 0 atom stereocenters. The quantitative estimate of drug-likeness (QED) is 0.273. The largest absolute Gasteiger partial charge is 0.320 e. The lowest BCUT2D eigenvalue weighted by Crippen LogP contribution is -2.16. The number of pyridine rings is 2. The molecule has 8 nitrogen and oxygen atoms in total. The van der Waals surface area contributed by atoms with Crippen LogP contribution in [0.3, 0.4) is 0 Å². The van der Waals surface area contributed by atoms with Crippen molar-refractivity contribution in [3.05, 3.63) is 82.6 Å². The van der Waals surface area contributed by atoms with Gasteiger partial charge in [0.15, 0.2) is 0 Å². The summed E-state index contributed by atoms with van der Waals surface area (Å²) in [5.74, 6) is -0.674. The average molecular weight is 527 g/mol. The highest BCUT2D eigenvalue weighted by atomic mass is 32.1. The van der Waals surface area contributed by atoms with Crippen molar-refractivity contribution in [1.82, 2.24) is 20.2 Å². The SMILES string of the molecule is O=C(Nc1c(C(=O)Nc2nnc(-c3ccccc3)s2)sc2nc3c(cc12)CCCCC3)c1ccncc1. The van der Waals surface area contributed by atoms with E-state index in [0.717, 1.165) is 47.2 Å². The van der Waals surface area contributed by atoms with Crippen LogP contribution >= 0.6 is 22.7 Å². The molecule has 1 aliphatic rings. The molecule has 1 aliphatic carbocycles. The Morgan fingerprint density at radius 3 is 2.49 bits per heavy atom. The van der Waals surface area contributed by atoms with Gasteiger partial charge in [-0.25, -0.2) is 4.98 Å². The van der Waals surface area contributed by atoms with Crippen molar-refractivity contribution >= 4 is 55.5 Å². The van der Waals surface area contributed by atoms with E-state index in [4.69, 9.17) is 4.98 Å². The molecule has 10 heteroatoms. The fourth-order valence-corrected chi connectivity index (χ4v) is 6.19. The van der Waals surface area contributed by atoms with Gasteiger partial charge < -0.3 is 5.32 Å². The Morgan fingerprint density at radius 2 is 1.65 bits per heavy atom. The molecule has 0 saturated heterocycles. The predicted octanol–water partition coefficient (Wildman–Crippen LogP) is 5.98. The number of rotatable bonds is 5. The third kappa shape index (κ3) is 4.85. The maximum Gasteiger partial charge on any atom is 0.269 e. The van der Waals surface area contributed by atoms with Crippen molar-refractivity contribution in [3.8, 4) is 10.6 Å². The molecule has 1 aromatic carbocycles. The number of carbonyl (C=O) groups is 2. The van der Waals surface area contributed by atoms with Gasteiger partial charge in [-0.3, -0.25) is 19.9 Å². The van der Waals surface area contributed by atoms with E-state index >= 15 is 0 Å². The Kier molecular flexibility index (Phi) is 6.42. The number of benzene rings is 1. The topological polar surface area (TPSA) is 110 Å². The third-order valence-corrected chi connectivity index (χ3v) is 8.25. The maximum atomic E-state index is 13.5. The molecule has 0 bridgehead atoms. The van der Waals surface area contributed by atoms with Crippen LogP contribution in [0, 0.1) is 0 Å². The first-order valence-electron chi connectivity index (χ1n) is 12.0. The molecule has 0 spiro atoms. The number of thiophene rings is 1. The molecule has 4 aromatic heterocycles. The Hall–Kier alpha value is -4.02. The number of fused-ring (bicyclic) bond motifs is 2. The molecule has 2 N–H and O–H groups in total. The lowest BCUT2D eigenvalue weighted by molar-refractivity contribution is 0.102. The van der Waals surface area contributed by atoms with E-state index in [-0.39, 0.29) is 11.8 Å². The van der Waals surface area contributed by atoms with Crippen molar-refractivity contribution < 1.29 is 9.59 Å². The van der Waals surface area contributed by atoms with Gasteiger partial charge in [0.05, 0.1) is 5.69 Å². The van der Waals surface area contributed by atoms with Crippen molar-refractivity contribution in [2.24, 2.45) is 0 Å². The monoisotopic (exact) mass is 526 g/mol. The summed E-state index contributed by atoms with van der Waals surface area (Å²) in [5.41, 5.74) is 4.12. The molecule has 0 unspecified atom stereocenters. The first-order chi connectivity index (χ1) is 18.2. The lowest BCUT2D eigenvalue weighted by atomic mass is 10.1. The summed E-state index contributed by atoms with van der Waals surface area (Å²) in [6, 6.07) is 15.1. The standard InChI is InChI=1S/C27H22N6O2S2/c34-23(16-11-13-28-14-12-16)30-21-19-15-18-9-5-2-6-10-20(18)29-26(19)36-22(21)24(35)31-27-33-32-25(37-27)17-7-3-1-4-8-17/h1,3-4,7-8,11-15H,2,5-6,9-10H2,(H,30,34)(H,31,33,35). The minimum absolute atomic E-state index is 0.312. The molecule has 37 heavy (non-hydrogen) atoms. The molecule has 5 aromatic rings. The second-order valence-electron chi connectivity index (χ2n) is 8.74. The molecule has 0 saturated carbocycles. The molecule has 0 radical (unpaired) electrons. The van der Waals surface area contributed by atoms with Crippen molar-refractivity contribution in [3.63, 3.8) is 0 Å². The van der Waals surface area contributed by atoms with Gasteiger partial charge in [-0.1, -0.05) is 48.1 Å². The molecular weight excluding hydrogens is 504 g/mol. The van der Waals surface area contributed by atoms with E-state index in [1.54, 1.807) is 24.5 Å². The van der Waals surface area contributed by atoms with Gasteiger partial charge in [0.25, 0.3) is 11.8 Å². The van der Waals surface area contributed by atoms with E-state index in [0.29, 0.717) is 26.3 Å². The maximum absolute atomic E-state index is 13.5. The second-order valence-corrected chi connectivity index (χ2v) is 10.7. The van der Waals surface area contributed by atoms with Crippen LogP contribution in [-0.4, -0.2) is 32.0 Å². The average Bonchev–Trinajstić information content (AvgIpc) is 3.46. The summed E-state index contributed by atoms with van der Waals surface area (Å²) in [7, 11) is 0. The van der Waals surface area contributed by atoms with E-state index in [9.17, 15) is 9.59 Å². The summed E-state index contributed by atoms with van der Waals surface area (Å²) in [4.78, 5) is 36.6. The normalized spacial score (nSPS) is 13.1. The molecule has 0 fully saturated rings. The predicted molar refractivity (Wildman–Crippen MR) is 146 cm³/mol. The number of nitrogens with zero attached hydrogens (tertiary/aromatic N) is 4. The van der Waals surface area contributed by atoms with Crippen molar-refractivity contribution in [2.75, 3.05) is 10.6 Å². The van der Waals surface area contributed by atoms with Gasteiger partial charge in [0.1, 0.15) is 14.7 Å². The number of hydrogen-bond acceptors (Lipinski definition) is 8. The van der Waals surface area contributed by atoms with E-state index in [2.05, 4.69) is 31.9 Å². The lowest BCUT2D eigenvalue weighted by Gasteiger charge is -2.09. The van der Waals surface area contributed by atoms with Crippen molar-refractivity contribution in [2.45, 2.75) is 32.1 Å². The van der Waals surface area contributed by atoms with E-state index < -0.39 is 0 Å². The van der Waals surface area contributed by atoms with Crippen LogP contribution in [0.25, 0.3) is 20.8 Å². The molecule has 2 amide bonds. The number of hydrogen-bond donors (Lipinski definition) is 2. The number of anilines is 2. The summed E-state index contributed by atoms with van der Waals surface area (Å²) >= 11 is 2.57. The summed E-state index contributed by atoms with van der Waals surface area (Å²) < 4.78 is 0. The summed E-state index contributed by atoms with van der Waals surface area (Å²) in [5, 5.41) is 16.1. The first-order valence-corrected chi connectivity index (χ1v) is 13.7. The molecule has 0 aliphatic heterocycles. The van der Waals surface area contributed by atoms with Gasteiger partial charge in [0, 0.05) is 34.6 Å². The highest BCUT2D eigenvalue weighted by molar-refractivity contribution is 7.21. The van der Waals surface area contributed by atoms with Gasteiger partial charge in [-0.15, -0.1) is 21.5 Å². The van der Waals surface area contributed by atoms with Crippen LogP contribution in [-0.2, 0) is 12.8 Å². The number of nitrogens with one attached hydrogen (secondary N) is 2. The fourth-order valence-electron chi connectivity index (χ4n) is 4.42. The van der Waals surface area contributed by atoms with Crippen LogP contribution in [0.15, 0.2) is 60.9 Å². The minimum Gasteiger partial charge on any atom is -0.320 e. The molecule has 4 heterocycles. The molecule has 184 valence electrons. The second kappa shape index (κ2) is 10.2. The van der Waals surface area contributed by atoms with Crippen LogP contribution in [0.1, 0.15) is 50.5 Å². The zero-order valence-corrected chi connectivity index (χ0v) is 21.4. The zero-order chi connectivity index (χ0) is 25.2. The molecular formula is C27H22N6O2S2. The van der Waals surface area contributed by atoms with Crippen LogP contribution < -0.4 is 10.6 Å². The Labute approximate surface area is 220 Å². The van der Waals surface area contributed by atoms with Crippen LogP contribution in [0.5, 0.6) is 0 Å². The minimum atomic E-state index is -0.362. The zero-order valence-electron chi connectivity index (χ0n) is 19.7. The number of aromatic nitrogens is 4. The number of carbonyl (C=O) groups excluding carboxylic acids is 2. The summed E-state index contributed by atoms with van der Waals surface area (Å²) in [6.45, 7) is 0. The van der Waals surface area contributed by atoms with Crippen LogP contribution in [0.4, 0.5) is 10.8 Å². The fraction of sp³-hybridized carbons (Fsp3) is 0.185. The van der Waals surface area contributed by atoms with Crippen molar-refractivity contribution in [1.29, 1.82) is 0 Å². The van der Waals surface area contributed by atoms with Crippen LogP contribution in [0.2, 0.25) is 0 Å². The third-order valence-electron chi connectivity index (χ3n) is 6.26. The highest BCUT2D eigenvalue weighted by Crippen LogP contribution is 2.38. The number of aryl methyl sites for hydroxylation is 2. The van der Waals surface area contributed by atoms with Gasteiger partial charge in [0.2, 0.25) is 5.13 Å². The Bertz CT molecular complexity index is 1600. The van der Waals surface area contributed by atoms with Gasteiger partial charge in [-0.2, -0.15) is 0 Å². The highest BCUT2D eigenvalue weighted by Gasteiger charge is 2.24. The smallest absolute Gasteiger partial charge is 0.269 e. The summed E-state index contributed by atoms with van der Waals surface area (Å²) in [6.07, 6.45) is 8.39. The Morgan fingerprint density at radius 1 is 0.838 bits per heavy atom. The van der Waals surface area contributed by atoms with Gasteiger partial charge >= 0.3 is 0 Å². The van der Waals surface area contributed by atoms with E-state index in [1.165, 1.54) is 34.7 Å². The molecule has 6 rings (SSSR count). The van der Waals surface area contributed by atoms with Gasteiger partial charge in [-0.05, 0) is 49.4 Å².